The fraction of sp³-hybridized carbons (Fsp3) is 0.233. The number of hydrogen-bond acceptors (Lipinski definition) is 7. The number of fused-ring (bicyclic) bond motifs is 1. The van der Waals surface area contributed by atoms with Crippen LogP contribution in [0.3, 0.4) is 0 Å². The molecule has 1 fully saturated rings. The van der Waals surface area contributed by atoms with Crippen molar-refractivity contribution in [3.05, 3.63) is 84.2 Å². The molecule has 3 N–H and O–H groups in total. The Labute approximate surface area is 232 Å². The van der Waals surface area contributed by atoms with Crippen LogP contribution >= 0.6 is 0 Å². The summed E-state index contributed by atoms with van der Waals surface area (Å²) in [6.45, 7) is 1.77. The summed E-state index contributed by atoms with van der Waals surface area (Å²) >= 11 is 0. The normalized spacial score (nSPS) is 15.1. The van der Waals surface area contributed by atoms with Crippen molar-refractivity contribution in [3.8, 4) is 17.3 Å². The van der Waals surface area contributed by atoms with Gasteiger partial charge in [0, 0.05) is 65.7 Å². The average Bonchev–Trinajstić information content (AvgIpc) is 3.60. The maximum atomic E-state index is 13.1. The van der Waals surface area contributed by atoms with Crippen molar-refractivity contribution in [2.75, 3.05) is 44.4 Å². The maximum absolute atomic E-state index is 13.1. The zero-order valence-electron chi connectivity index (χ0n) is 22.4. The number of carbonyl (C=O) groups is 2. The molecule has 1 saturated heterocycles. The molecule has 0 unspecified atom stereocenters. The van der Waals surface area contributed by atoms with Gasteiger partial charge in [-0.3, -0.25) is 9.59 Å². The van der Waals surface area contributed by atoms with Gasteiger partial charge in [0.05, 0.1) is 17.5 Å². The molecule has 0 aliphatic carbocycles. The first kappa shape index (κ1) is 26.6. The number of para-hydroxylation sites is 1. The minimum Gasteiger partial charge on any atom is -0.360 e. The maximum Gasteiger partial charge on any atom is 0.253 e. The Kier molecular flexibility index (Phi) is 7.84. The fourth-order valence-corrected chi connectivity index (χ4v) is 4.68. The molecule has 0 saturated carbocycles. The summed E-state index contributed by atoms with van der Waals surface area (Å²) in [5.41, 5.74) is 3.93. The lowest BCUT2D eigenvalue weighted by atomic mass is 10.1. The van der Waals surface area contributed by atoms with Gasteiger partial charge in [0.2, 0.25) is 11.9 Å². The number of nitrogens with zero attached hydrogens (tertiary/aromatic N) is 5. The molecule has 2 amide bonds. The number of aromatic nitrogens is 3. The molecular formula is C30H30N8O2. The van der Waals surface area contributed by atoms with Crippen molar-refractivity contribution >= 4 is 34.4 Å². The summed E-state index contributed by atoms with van der Waals surface area (Å²) < 4.78 is 0. The third-order valence-electron chi connectivity index (χ3n) is 6.70. The summed E-state index contributed by atoms with van der Waals surface area (Å²) in [5, 5.41) is 16.8. The fourth-order valence-electron chi connectivity index (χ4n) is 4.68. The highest BCUT2D eigenvalue weighted by Crippen LogP contribution is 2.30. The van der Waals surface area contributed by atoms with Crippen LogP contribution in [0.25, 0.3) is 22.2 Å². The molecule has 40 heavy (non-hydrogen) atoms. The Balaban J connectivity index is 1.21. The first-order chi connectivity index (χ1) is 19.4. The van der Waals surface area contributed by atoms with E-state index in [2.05, 4.69) is 31.7 Å². The number of likely N-dealkylation sites (N-methyl/N-ethyl adjacent to an activating group) is 1. The number of anilines is 2. The first-order valence-electron chi connectivity index (χ1n) is 13.0. The second-order valence-corrected chi connectivity index (χ2v) is 9.93. The van der Waals surface area contributed by atoms with Crippen molar-refractivity contribution < 1.29 is 9.59 Å². The van der Waals surface area contributed by atoms with Gasteiger partial charge in [-0.25, -0.2) is 9.97 Å². The summed E-state index contributed by atoms with van der Waals surface area (Å²) in [7, 11) is 3.86. The van der Waals surface area contributed by atoms with Gasteiger partial charge in [0.1, 0.15) is 6.07 Å². The van der Waals surface area contributed by atoms with Crippen LogP contribution in [0.5, 0.6) is 0 Å². The van der Waals surface area contributed by atoms with E-state index >= 15 is 0 Å². The van der Waals surface area contributed by atoms with Crippen molar-refractivity contribution in [2.45, 2.75) is 12.5 Å². The van der Waals surface area contributed by atoms with E-state index in [-0.39, 0.29) is 17.9 Å². The van der Waals surface area contributed by atoms with E-state index in [1.165, 1.54) is 12.3 Å². The van der Waals surface area contributed by atoms with Gasteiger partial charge < -0.3 is 25.4 Å². The zero-order valence-corrected chi connectivity index (χ0v) is 22.4. The lowest BCUT2D eigenvalue weighted by molar-refractivity contribution is -0.111. The number of aromatic amines is 1. The van der Waals surface area contributed by atoms with E-state index in [4.69, 9.17) is 0 Å². The van der Waals surface area contributed by atoms with Crippen LogP contribution < -0.4 is 10.6 Å². The molecule has 202 valence electrons. The number of amides is 2. The Morgan fingerprint density at radius 3 is 2.77 bits per heavy atom. The highest BCUT2D eigenvalue weighted by Gasteiger charge is 2.28. The molecule has 10 heteroatoms. The van der Waals surface area contributed by atoms with Gasteiger partial charge in [-0.15, -0.1) is 0 Å². The summed E-state index contributed by atoms with van der Waals surface area (Å²) in [6, 6.07) is 16.9. The molecule has 4 aromatic rings. The summed E-state index contributed by atoms with van der Waals surface area (Å²) in [4.78, 5) is 41.2. The number of hydrogen-bond donors (Lipinski definition) is 3. The van der Waals surface area contributed by atoms with Gasteiger partial charge in [-0.1, -0.05) is 24.3 Å². The van der Waals surface area contributed by atoms with Crippen LogP contribution in [0.15, 0.2) is 73.1 Å². The minimum absolute atomic E-state index is 0.0276. The zero-order chi connectivity index (χ0) is 28.1. The molecule has 0 radical (unpaired) electrons. The Morgan fingerprint density at radius 2 is 2.00 bits per heavy atom. The van der Waals surface area contributed by atoms with Gasteiger partial charge in [0.25, 0.3) is 5.91 Å². The molecule has 0 spiro atoms. The molecule has 3 heterocycles. The first-order valence-corrected chi connectivity index (χ1v) is 13.0. The number of carbonyl (C=O) groups excluding carboxylic acids is 2. The van der Waals surface area contributed by atoms with E-state index in [1.54, 1.807) is 35.2 Å². The van der Waals surface area contributed by atoms with Crippen LogP contribution in [-0.4, -0.2) is 76.3 Å². The number of nitriles is 1. The summed E-state index contributed by atoms with van der Waals surface area (Å²) in [5.74, 6) is 0.124. The molecule has 5 rings (SSSR count). The van der Waals surface area contributed by atoms with Gasteiger partial charge in [0.15, 0.2) is 0 Å². The minimum atomic E-state index is -0.216. The van der Waals surface area contributed by atoms with E-state index in [9.17, 15) is 14.9 Å². The van der Waals surface area contributed by atoms with E-state index in [1.807, 2.05) is 49.5 Å². The van der Waals surface area contributed by atoms with Crippen molar-refractivity contribution in [2.24, 2.45) is 0 Å². The second kappa shape index (κ2) is 11.8. The number of benzene rings is 2. The van der Waals surface area contributed by atoms with Crippen LogP contribution in [-0.2, 0) is 4.79 Å². The molecule has 1 atom stereocenters. The quantitative estimate of drug-likeness (QED) is 0.293. The van der Waals surface area contributed by atoms with E-state index < -0.39 is 0 Å². The summed E-state index contributed by atoms with van der Waals surface area (Å²) in [6.07, 6.45) is 7.41. The van der Waals surface area contributed by atoms with Gasteiger partial charge >= 0.3 is 0 Å². The molecule has 1 aliphatic heterocycles. The predicted octanol–water partition coefficient (Wildman–Crippen LogP) is 3.88. The molecule has 2 aromatic carbocycles. The molecular weight excluding hydrogens is 504 g/mol. The topological polar surface area (TPSA) is 130 Å². The third-order valence-corrected chi connectivity index (χ3v) is 6.70. The van der Waals surface area contributed by atoms with E-state index in [0.717, 1.165) is 22.9 Å². The smallest absolute Gasteiger partial charge is 0.253 e. The monoisotopic (exact) mass is 534 g/mol. The average molecular weight is 535 g/mol. The highest BCUT2D eigenvalue weighted by atomic mass is 16.2. The van der Waals surface area contributed by atoms with Crippen molar-refractivity contribution in [1.82, 2.24) is 24.8 Å². The molecule has 1 aliphatic rings. The van der Waals surface area contributed by atoms with Gasteiger partial charge in [-0.05, 0) is 50.8 Å². The molecule has 0 bridgehead atoms. The number of nitrogens with one attached hydrogen (secondary N) is 3. The SMILES string of the molecule is CN(C)CC=CC(=O)Nc1ccc(C(=O)N2CC[C@@H](Nc3ncc(C#N)c(-c4c[nH]c5ccccc45)n3)C2)cc1. The number of rotatable bonds is 8. The predicted molar refractivity (Wildman–Crippen MR) is 155 cm³/mol. The van der Waals surface area contributed by atoms with Crippen molar-refractivity contribution in [1.29, 1.82) is 5.26 Å². The Morgan fingerprint density at radius 1 is 1.20 bits per heavy atom. The van der Waals surface area contributed by atoms with Gasteiger partial charge in [-0.2, -0.15) is 5.26 Å². The van der Waals surface area contributed by atoms with Crippen LogP contribution in [0.1, 0.15) is 22.3 Å². The second-order valence-electron chi connectivity index (χ2n) is 9.93. The third kappa shape index (κ3) is 6.00. The lowest BCUT2D eigenvalue weighted by Crippen LogP contribution is -2.31. The van der Waals surface area contributed by atoms with Crippen molar-refractivity contribution in [3.63, 3.8) is 0 Å². The number of H-pyrrole nitrogens is 1. The van der Waals surface area contributed by atoms with Crippen LogP contribution in [0.2, 0.25) is 0 Å². The van der Waals surface area contributed by atoms with Crippen LogP contribution in [0, 0.1) is 11.3 Å². The Bertz CT molecular complexity index is 1600. The standard InChI is InChI=1S/C30H30N8O2/c1-37(2)14-5-8-27(39)34-22-11-9-20(10-12-22)29(40)38-15-13-23(19-38)35-30-33-17-21(16-31)28(36-30)25-18-32-26-7-4-3-6-24(25)26/h3-12,17-18,23,32H,13-15,19H2,1-2H3,(H,34,39)(H,33,35,36)/t23-/m1/s1. The molecule has 10 nitrogen and oxygen atoms in total. The van der Waals surface area contributed by atoms with E-state index in [0.29, 0.717) is 48.1 Å². The Hall–Kier alpha value is -5.01. The number of likely N-dealkylation sites (tertiary alicyclic amines) is 1. The molecule has 2 aromatic heterocycles. The van der Waals surface area contributed by atoms with Crippen LogP contribution in [0.4, 0.5) is 11.6 Å². The largest absolute Gasteiger partial charge is 0.360 e. The lowest BCUT2D eigenvalue weighted by Gasteiger charge is -2.18. The highest BCUT2D eigenvalue weighted by molar-refractivity contribution is 6.00.